The molecule has 0 saturated heterocycles. The van der Waals surface area contributed by atoms with Gasteiger partial charge in [0.2, 0.25) is 0 Å². The maximum atomic E-state index is 10.8. The number of hydrogen-bond acceptors (Lipinski definition) is 1. The summed E-state index contributed by atoms with van der Waals surface area (Å²) < 4.78 is 0. The summed E-state index contributed by atoms with van der Waals surface area (Å²) in [7, 11) is 0. The minimum Gasteiger partial charge on any atom is -0.481 e. The van der Waals surface area contributed by atoms with Gasteiger partial charge in [-0.3, -0.25) is 4.79 Å². The Balaban J connectivity index is 2.54. The summed E-state index contributed by atoms with van der Waals surface area (Å²) in [5.74, 6) is 0.859. The molecule has 0 heterocycles. The Kier molecular flexibility index (Phi) is 4.14. The first-order valence-corrected chi connectivity index (χ1v) is 6.00. The van der Waals surface area contributed by atoms with E-state index in [-0.39, 0.29) is 5.41 Å². The van der Waals surface area contributed by atoms with Crippen molar-refractivity contribution in [2.24, 2.45) is 17.3 Å². The minimum atomic E-state index is -0.665. The van der Waals surface area contributed by atoms with Crippen molar-refractivity contribution in [1.29, 1.82) is 0 Å². The Hall–Kier alpha value is -0.570. The van der Waals surface area contributed by atoms with Gasteiger partial charge in [-0.05, 0) is 37.5 Å². The van der Waals surface area contributed by atoms with Gasteiger partial charge in [0.1, 0.15) is 0 Å². The van der Waals surface area contributed by atoms with Crippen LogP contribution in [0, 0.1) is 17.3 Å². The van der Waals surface area contributed by atoms with E-state index in [4.69, 9.17) is 5.11 Å². The second-order valence-electron chi connectivity index (χ2n) is 5.40. The molecule has 0 unspecified atom stereocenters. The number of hydrogen-bond donors (Lipinski definition) is 2. The SMILES string of the molecule is CC(C)C1CCC(C[NH3+])(CC(=O)O)CC1. The first-order valence-electron chi connectivity index (χ1n) is 6.00. The topological polar surface area (TPSA) is 64.9 Å². The van der Waals surface area contributed by atoms with E-state index < -0.39 is 5.97 Å². The highest BCUT2D eigenvalue weighted by Gasteiger charge is 2.38. The average Bonchev–Trinajstić information content (AvgIpc) is 2.17. The summed E-state index contributed by atoms with van der Waals surface area (Å²) in [5, 5.41) is 8.91. The molecule has 15 heavy (non-hydrogen) atoms. The van der Waals surface area contributed by atoms with E-state index >= 15 is 0 Å². The van der Waals surface area contributed by atoms with Crippen LogP contribution in [0.1, 0.15) is 46.0 Å². The van der Waals surface area contributed by atoms with Gasteiger partial charge in [-0.25, -0.2) is 0 Å². The van der Waals surface area contributed by atoms with Crippen LogP contribution in [0.3, 0.4) is 0 Å². The quantitative estimate of drug-likeness (QED) is 0.745. The van der Waals surface area contributed by atoms with Gasteiger partial charge in [0.05, 0.1) is 13.0 Å². The highest BCUT2D eigenvalue weighted by molar-refractivity contribution is 5.67. The second kappa shape index (κ2) is 4.97. The maximum Gasteiger partial charge on any atom is 0.304 e. The fraction of sp³-hybridized carbons (Fsp3) is 0.917. The molecule has 0 bridgehead atoms. The van der Waals surface area contributed by atoms with E-state index in [0.29, 0.717) is 6.42 Å². The van der Waals surface area contributed by atoms with Gasteiger partial charge in [-0.15, -0.1) is 0 Å². The summed E-state index contributed by atoms with van der Waals surface area (Å²) in [6.07, 6.45) is 4.76. The van der Waals surface area contributed by atoms with Crippen LogP contribution in [0.5, 0.6) is 0 Å². The normalized spacial score (nSPS) is 31.9. The fourth-order valence-electron chi connectivity index (χ4n) is 2.76. The summed E-state index contributed by atoms with van der Waals surface area (Å²) >= 11 is 0. The molecule has 1 aliphatic carbocycles. The summed E-state index contributed by atoms with van der Waals surface area (Å²) in [6, 6.07) is 0. The van der Waals surface area contributed by atoms with E-state index in [0.717, 1.165) is 31.2 Å². The molecule has 0 amide bonds. The van der Waals surface area contributed by atoms with Gasteiger partial charge in [0, 0.05) is 5.41 Å². The molecule has 0 aromatic heterocycles. The maximum absolute atomic E-state index is 10.8. The van der Waals surface area contributed by atoms with Crippen LogP contribution in [0.15, 0.2) is 0 Å². The van der Waals surface area contributed by atoms with Crippen molar-refractivity contribution in [2.75, 3.05) is 6.54 Å². The number of aliphatic carboxylic acids is 1. The predicted molar refractivity (Wildman–Crippen MR) is 59.2 cm³/mol. The van der Waals surface area contributed by atoms with Crippen LogP contribution in [-0.2, 0) is 4.79 Å². The molecule has 1 aliphatic rings. The molecule has 0 aliphatic heterocycles. The van der Waals surface area contributed by atoms with Crippen molar-refractivity contribution in [3.63, 3.8) is 0 Å². The number of rotatable bonds is 4. The Morgan fingerprint density at radius 1 is 1.47 bits per heavy atom. The molecule has 0 aromatic rings. The zero-order valence-corrected chi connectivity index (χ0v) is 9.96. The van der Waals surface area contributed by atoms with Gasteiger partial charge in [-0.2, -0.15) is 0 Å². The predicted octanol–water partition coefficient (Wildman–Crippen LogP) is 1.54. The third-order valence-corrected chi connectivity index (χ3v) is 4.09. The van der Waals surface area contributed by atoms with Crippen molar-refractivity contribution >= 4 is 5.97 Å². The molecule has 0 spiro atoms. The smallest absolute Gasteiger partial charge is 0.304 e. The van der Waals surface area contributed by atoms with E-state index in [1.165, 1.54) is 12.8 Å². The van der Waals surface area contributed by atoms with Crippen LogP contribution in [0.25, 0.3) is 0 Å². The standard InChI is InChI=1S/C12H23NO2/c1-9(2)10-3-5-12(8-13,6-4-10)7-11(14)15/h9-10H,3-8,13H2,1-2H3,(H,14,15)/p+1. The zero-order valence-electron chi connectivity index (χ0n) is 9.96. The fourth-order valence-corrected chi connectivity index (χ4v) is 2.76. The summed E-state index contributed by atoms with van der Waals surface area (Å²) in [4.78, 5) is 10.8. The lowest BCUT2D eigenvalue weighted by molar-refractivity contribution is -0.395. The first kappa shape index (κ1) is 12.5. The van der Waals surface area contributed by atoms with E-state index in [9.17, 15) is 4.79 Å². The van der Waals surface area contributed by atoms with Crippen LogP contribution >= 0.6 is 0 Å². The molecule has 1 saturated carbocycles. The van der Waals surface area contributed by atoms with Gasteiger partial charge < -0.3 is 10.8 Å². The zero-order chi connectivity index (χ0) is 11.5. The van der Waals surface area contributed by atoms with Crippen molar-refractivity contribution in [3.05, 3.63) is 0 Å². The number of quaternary nitrogens is 1. The Morgan fingerprint density at radius 2 is 2.00 bits per heavy atom. The van der Waals surface area contributed by atoms with Gasteiger partial charge in [0.25, 0.3) is 0 Å². The molecule has 0 radical (unpaired) electrons. The van der Waals surface area contributed by atoms with Gasteiger partial charge in [0.15, 0.2) is 0 Å². The number of carbonyl (C=O) groups is 1. The van der Waals surface area contributed by atoms with Gasteiger partial charge in [-0.1, -0.05) is 13.8 Å². The number of carboxylic acid groups (broad SMARTS) is 1. The Labute approximate surface area is 92.0 Å². The molecular weight excluding hydrogens is 190 g/mol. The minimum absolute atomic E-state index is 0.00275. The second-order valence-corrected chi connectivity index (χ2v) is 5.40. The molecule has 0 atom stereocenters. The highest BCUT2D eigenvalue weighted by Crippen LogP contribution is 2.42. The van der Waals surface area contributed by atoms with Crippen molar-refractivity contribution in [2.45, 2.75) is 46.0 Å². The lowest BCUT2D eigenvalue weighted by Gasteiger charge is -2.38. The van der Waals surface area contributed by atoms with Crippen molar-refractivity contribution in [3.8, 4) is 0 Å². The number of carboxylic acids is 1. The third-order valence-electron chi connectivity index (χ3n) is 4.09. The lowest BCUT2D eigenvalue weighted by atomic mass is 9.66. The molecular formula is C12H24NO2+. The first-order chi connectivity index (χ1) is 6.99. The van der Waals surface area contributed by atoms with Crippen LogP contribution in [0.4, 0.5) is 0 Å². The van der Waals surface area contributed by atoms with Crippen LogP contribution in [-0.4, -0.2) is 17.6 Å². The molecule has 4 N–H and O–H groups in total. The molecule has 0 aromatic carbocycles. The van der Waals surface area contributed by atoms with E-state index in [1.807, 2.05) is 0 Å². The monoisotopic (exact) mass is 214 g/mol. The van der Waals surface area contributed by atoms with Gasteiger partial charge >= 0.3 is 5.97 Å². The van der Waals surface area contributed by atoms with E-state index in [1.54, 1.807) is 0 Å². The molecule has 88 valence electrons. The summed E-state index contributed by atoms with van der Waals surface area (Å²) in [5.41, 5.74) is 3.94. The molecule has 3 nitrogen and oxygen atoms in total. The third kappa shape index (κ3) is 3.20. The lowest BCUT2D eigenvalue weighted by Crippen LogP contribution is -2.59. The largest absolute Gasteiger partial charge is 0.481 e. The van der Waals surface area contributed by atoms with Crippen molar-refractivity contribution < 1.29 is 15.6 Å². The molecule has 3 heteroatoms. The van der Waals surface area contributed by atoms with Crippen LogP contribution in [0.2, 0.25) is 0 Å². The van der Waals surface area contributed by atoms with E-state index in [2.05, 4.69) is 19.6 Å². The Morgan fingerprint density at radius 3 is 2.33 bits per heavy atom. The molecule has 1 fully saturated rings. The van der Waals surface area contributed by atoms with Crippen molar-refractivity contribution in [1.82, 2.24) is 0 Å². The summed E-state index contributed by atoms with van der Waals surface area (Å²) in [6.45, 7) is 5.29. The highest BCUT2D eigenvalue weighted by atomic mass is 16.4. The Bertz CT molecular complexity index is 218. The van der Waals surface area contributed by atoms with Crippen LogP contribution < -0.4 is 5.73 Å². The average molecular weight is 214 g/mol. The molecule has 1 rings (SSSR count).